The molecule has 3 aromatic rings. The highest BCUT2D eigenvalue weighted by Crippen LogP contribution is 2.15. The van der Waals surface area contributed by atoms with Crippen molar-refractivity contribution in [1.82, 2.24) is 24.9 Å². The van der Waals surface area contributed by atoms with E-state index in [0.717, 1.165) is 16.9 Å². The third kappa shape index (κ3) is 4.60. The Hall–Kier alpha value is -3.26. The number of imidazole rings is 1. The summed E-state index contributed by atoms with van der Waals surface area (Å²) >= 11 is 0. The number of hydrogen-bond donors (Lipinski definition) is 2. The second-order valence-electron chi connectivity index (χ2n) is 7.08. The summed E-state index contributed by atoms with van der Waals surface area (Å²) < 4.78 is 15.0. The lowest BCUT2D eigenvalue weighted by molar-refractivity contribution is -0.134. The first-order valence-corrected chi connectivity index (χ1v) is 9.54. The zero-order valence-electron chi connectivity index (χ0n) is 15.8. The van der Waals surface area contributed by atoms with Crippen LogP contribution in [0.25, 0.3) is 5.65 Å². The number of carbonyl (C=O) groups is 2. The number of amides is 2. The molecule has 1 aliphatic heterocycles. The molecule has 0 spiro atoms. The van der Waals surface area contributed by atoms with Crippen LogP contribution in [0.15, 0.2) is 54.9 Å². The number of halogens is 1. The molecular formula is C21H22FN5O2. The predicted octanol–water partition coefficient (Wildman–Crippen LogP) is 1.48. The summed E-state index contributed by atoms with van der Waals surface area (Å²) in [6.45, 7) is 1.94. The molecule has 0 bridgehead atoms. The van der Waals surface area contributed by atoms with Crippen LogP contribution >= 0.6 is 0 Å². The minimum atomic E-state index is -0.560. The average molecular weight is 395 g/mol. The summed E-state index contributed by atoms with van der Waals surface area (Å²) in [5.41, 5.74) is 2.46. The van der Waals surface area contributed by atoms with Crippen molar-refractivity contribution >= 4 is 17.5 Å². The number of benzene rings is 1. The Labute approximate surface area is 167 Å². The molecule has 8 heteroatoms. The summed E-state index contributed by atoms with van der Waals surface area (Å²) in [5.74, 6) is -0.678. The number of fused-ring (bicyclic) bond motifs is 1. The van der Waals surface area contributed by atoms with Crippen LogP contribution in [0, 0.1) is 5.82 Å². The van der Waals surface area contributed by atoms with Crippen LogP contribution < -0.4 is 10.6 Å². The van der Waals surface area contributed by atoms with E-state index in [1.54, 1.807) is 12.1 Å². The Bertz CT molecular complexity index is 984. The van der Waals surface area contributed by atoms with Crippen LogP contribution in [0.3, 0.4) is 0 Å². The maximum absolute atomic E-state index is 13.1. The number of nitrogens with one attached hydrogen (secondary N) is 2. The Balaban J connectivity index is 1.37. The molecule has 2 N–H and O–H groups in total. The maximum atomic E-state index is 13.1. The van der Waals surface area contributed by atoms with Gasteiger partial charge in [-0.05, 0) is 29.8 Å². The molecule has 1 fully saturated rings. The number of aromatic nitrogens is 2. The molecule has 1 aliphatic rings. The first-order valence-electron chi connectivity index (χ1n) is 9.54. The smallest absolute Gasteiger partial charge is 0.237 e. The quantitative estimate of drug-likeness (QED) is 0.663. The first kappa shape index (κ1) is 19.1. The fraction of sp³-hybridized carbons (Fsp3) is 0.286. The number of piperazine rings is 1. The molecule has 1 atom stereocenters. The highest BCUT2D eigenvalue weighted by molar-refractivity contribution is 5.88. The maximum Gasteiger partial charge on any atom is 0.237 e. The van der Waals surface area contributed by atoms with Crippen molar-refractivity contribution in [3.63, 3.8) is 0 Å². The second kappa shape index (κ2) is 8.40. The third-order valence-corrected chi connectivity index (χ3v) is 5.00. The SMILES string of the molecule is O=C(CC1C(=O)NCCN1Cc1ccc(F)cc1)NCc1cn2ccccc2n1. The normalized spacial score (nSPS) is 17.3. The zero-order valence-corrected chi connectivity index (χ0v) is 15.8. The predicted molar refractivity (Wildman–Crippen MR) is 105 cm³/mol. The van der Waals surface area contributed by atoms with Gasteiger partial charge in [-0.15, -0.1) is 0 Å². The molecule has 2 aromatic heterocycles. The van der Waals surface area contributed by atoms with Crippen molar-refractivity contribution in [3.05, 3.63) is 71.9 Å². The van der Waals surface area contributed by atoms with Gasteiger partial charge in [-0.25, -0.2) is 9.37 Å². The van der Waals surface area contributed by atoms with Crippen LogP contribution in [0.5, 0.6) is 0 Å². The standard InChI is InChI=1S/C21H22FN5O2/c22-16-6-4-15(5-7-16)13-26-10-8-23-21(29)18(26)11-20(28)24-12-17-14-27-9-2-1-3-19(27)25-17/h1-7,9,14,18H,8,10-13H2,(H,23,29)(H,24,28). The molecule has 150 valence electrons. The van der Waals surface area contributed by atoms with E-state index in [-0.39, 0.29) is 24.1 Å². The fourth-order valence-electron chi connectivity index (χ4n) is 3.51. The molecule has 0 radical (unpaired) electrons. The highest BCUT2D eigenvalue weighted by Gasteiger charge is 2.31. The molecule has 2 amide bonds. The van der Waals surface area contributed by atoms with E-state index >= 15 is 0 Å². The highest BCUT2D eigenvalue weighted by atomic mass is 19.1. The van der Waals surface area contributed by atoms with E-state index < -0.39 is 6.04 Å². The van der Waals surface area contributed by atoms with Gasteiger partial charge in [-0.2, -0.15) is 0 Å². The van der Waals surface area contributed by atoms with Crippen molar-refractivity contribution in [3.8, 4) is 0 Å². The van der Waals surface area contributed by atoms with Crippen LogP contribution in [-0.4, -0.2) is 45.2 Å². The van der Waals surface area contributed by atoms with Gasteiger partial charge in [-0.1, -0.05) is 18.2 Å². The van der Waals surface area contributed by atoms with Gasteiger partial charge in [0.25, 0.3) is 0 Å². The Morgan fingerprint density at radius 3 is 2.86 bits per heavy atom. The molecule has 0 saturated carbocycles. The average Bonchev–Trinajstić information content (AvgIpc) is 3.14. The van der Waals surface area contributed by atoms with E-state index in [9.17, 15) is 14.0 Å². The van der Waals surface area contributed by atoms with Crippen molar-refractivity contribution in [2.75, 3.05) is 13.1 Å². The summed E-state index contributed by atoms with van der Waals surface area (Å²) in [6.07, 6.45) is 3.82. The summed E-state index contributed by atoms with van der Waals surface area (Å²) in [6, 6.07) is 11.3. The van der Waals surface area contributed by atoms with Crippen molar-refractivity contribution < 1.29 is 14.0 Å². The van der Waals surface area contributed by atoms with Crippen LogP contribution in [0.1, 0.15) is 17.7 Å². The van der Waals surface area contributed by atoms with Gasteiger partial charge >= 0.3 is 0 Å². The van der Waals surface area contributed by atoms with Crippen molar-refractivity contribution in [2.24, 2.45) is 0 Å². The molecule has 4 rings (SSSR count). The van der Waals surface area contributed by atoms with Crippen molar-refractivity contribution in [2.45, 2.75) is 25.6 Å². The van der Waals surface area contributed by atoms with Crippen LogP contribution in [0.2, 0.25) is 0 Å². The van der Waals surface area contributed by atoms with Gasteiger partial charge < -0.3 is 15.0 Å². The summed E-state index contributed by atoms with van der Waals surface area (Å²) in [5, 5.41) is 5.67. The van der Waals surface area contributed by atoms with Gasteiger partial charge in [0, 0.05) is 32.0 Å². The van der Waals surface area contributed by atoms with E-state index in [0.29, 0.717) is 26.2 Å². The topological polar surface area (TPSA) is 78.7 Å². The zero-order chi connectivity index (χ0) is 20.2. The lowest BCUT2D eigenvalue weighted by Crippen LogP contribution is -2.56. The molecule has 1 unspecified atom stereocenters. The van der Waals surface area contributed by atoms with Crippen LogP contribution in [0.4, 0.5) is 4.39 Å². The summed E-state index contributed by atoms with van der Waals surface area (Å²) in [4.78, 5) is 31.3. The van der Waals surface area contributed by atoms with Gasteiger partial charge in [0.05, 0.1) is 24.7 Å². The van der Waals surface area contributed by atoms with E-state index in [4.69, 9.17) is 0 Å². The first-order chi connectivity index (χ1) is 14.1. The molecule has 29 heavy (non-hydrogen) atoms. The molecular weight excluding hydrogens is 373 g/mol. The fourth-order valence-corrected chi connectivity index (χ4v) is 3.51. The van der Waals surface area contributed by atoms with Crippen LogP contribution in [-0.2, 0) is 22.7 Å². The minimum Gasteiger partial charge on any atom is -0.353 e. The molecule has 1 saturated heterocycles. The molecule has 7 nitrogen and oxygen atoms in total. The number of hydrogen-bond acceptors (Lipinski definition) is 4. The Morgan fingerprint density at radius 2 is 2.07 bits per heavy atom. The molecule has 3 heterocycles. The molecule has 0 aliphatic carbocycles. The second-order valence-corrected chi connectivity index (χ2v) is 7.08. The molecule has 1 aromatic carbocycles. The lowest BCUT2D eigenvalue weighted by Gasteiger charge is -2.34. The number of nitrogens with zero attached hydrogens (tertiary/aromatic N) is 3. The lowest BCUT2D eigenvalue weighted by atomic mass is 10.1. The van der Waals surface area contributed by atoms with Gasteiger partial charge in [0.1, 0.15) is 11.5 Å². The monoisotopic (exact) mass is 395 g/mol. The van der Waals surface area contributed by atoms with Gasteiger partial charge in [0.15, 0.2) is 0 Å². The Kier molecular flexibility index (Phi) is 5.53. The van der Waals surface area contributed by atoms with E-state index in [2.05, 4.69) is 15.6 Å². The van der Waals surface area contributed by atoms with E-state index in [1.807, 2.05) is 39.9 Å². The van der Waals surface area contributed by atoms with Gasteiger partial charge in [-0.3, -0.25) is 14.5 Å². The number of rotatable bonds is 6. The van der Waals surface area contributed by atoms with E-state index in [1.165, 1.54) is 12.1 Å². The third-order valence-electron chi connectivity index (χ3n) is 5.00. The van der Waals surface area contributed by atoms with Crippen molar-refractivity contribution in [1.29, 1.82) is 0 Å². The minimum absolute atomic E-state index is 0.0560. The summed E-state index contributed by atoms with van der Waals surface area (Å²) in [7, 11) is 0. The number of carbonyl (C=O) groups excluding carboxylic acids is 2. The van der Waals surface area contributed by atoms with Gasteiger partial charge in [0.2, 0.25) is 11.8 Å². The number of pyridine rings is 1. The largest absolute Gasteiger partial charge is 0.353 e. The Morgan fingerprint density at radius 1 is 1.24 bits per heavy atom.